The molecule has 1 aliphatic rings. The number of aryl methyl sites for hydroxylation is 1. The fraction of sp³-hybridized carbons (Fsp3) is 0.278. The SMILES string of the molecule is CC1=NN(CC(N)=O)c2nc3c(c(=O)n(Cc4ccccc4F)c(=O)n3C)n2C1. The smallest absolute Gasteiger partial charge is 0.332 e. The van der Waals surface area contributed by atoms with Crippen molar-refractivity contribution in [3.05, 3.63) is 56.5 Å². The molecule has 3 heterocycles. The fourth-order valence-corrected chi connectivity index (χ4v) is 3.41. The third-order valence-electron chi connectivity index (χ3n) is 4.71. The quantitative estimate of drug-likeness (QED) is 0.649. The van der Waals surface area contributed by atoms with E-state index in [-0.39, 0.29) is 42.3 Å². The summed E-state index contributed by atoms with van der Waals surface area (Å²) in [6.45, 7) is 1.56. The molecule has 0 aliphatic carbocycles. The van der Waals surface area contributed by atoms with Gasteiger partial charge in [0.1, 0.15) is 12.4 Å². The fourth-order valence-electron chi connectivity index (χ4n) is 3.41. The maximum atomic E-state index is 14.1. The van der Waals surface area contributed by atoms with Crippen LogP contribution in [0.4, 0.5) is 10.3 Å². The zero-order valence-electron chi connectivity index (χ0n) is 15.8. The maximum absolute atomic E-state index is 14.1. The lowest BCUT2D eigenvalue weighted by Gasteiger charge is -2.23. The van der Waals surface area contributed by atoms with Crippen LogP contribution in [-0.2, 0) is 24.9 Å². The predicted molar refractivity (Wildman–Crippen MR) is 104 cm³/mol. The Hall–Kier alpha value is -3.76. The Morgan fingerprint density at radius 2 is 2.00 bits per heavy atom. The van der Waals surface area contributed by atoms with Crippen LogP contribution >= 0.6 is 0 Å². The highest BCUT2D eigenvalue weighted by molar-refractivity contribution is 5.89. The van der Waals surface area contributed by atoms with E-state index in [9.17, 15) is 18.8 Å². The van der Waals surface area contributed by atoms with Gasteiger partial charge in [-0.2, -0.15) is 10.1 Å². The summed E-state index contributed by atoms with van der Waals surface area (Å²) in [5.74, 6) is -0.888. The number of nitrogens with two attached hydrogens (primary N) is 1. The number of imidazole rings is 1. The number of aromatic nitrogens is 4. The molecule has 11 heteroatoms. The molecule has 3 aromatic rings. The summed E-state index contributed by atoms with van der Waals surface area (Å²) in [6.07, 6.45) is 0. The Balaban J connectivity index is 1.95. The van der Waals surface area contributed by atoms with Crippen LogP contribution in [-0.4, -0.2) is 36.8 Å². The number of benzene rings is 1. The van der Waals surface area contributed by atoms with Crippen LogP contribution in [0.2, 0.25) is 0 Å². The summed E-state index contributed by atoms with van der Waals surface area (Å²) >= 11 is 0. The van der Waals surface area contributed by atoms with E-state index >= 15 is 0 Å². The van der Waals surface area contributed by atoms with Gasteiger partial charge in [-0.3, -0.25) is 23.3 Å². The van der Waals surface area contributed by atoms with Gasteiger partial charge in [0.15, 0.2) is 11.2 Å². The molecule has 0 spiro atoms. The third kappa shape index (κ3) is 3.00. The summed E-state index contributed by atoms with van der Waals surface area (Å²) in [5.41, 5.74) is 5.23. The van der Waals surface area contributed by atoms with E-state index in [0.717, 1.165) is 4.57 Å². The molecule has 2 N–H and O–H groups in total. The van der Waals surface area contributed by atoms with E-state index in [2.05, 4.69) is 10.1 Å². The molecule has 1 amide bonds. The number of fused-ring (bicyclic) bond motifs is 3. The second-order valence-corrected chi connectivity index (χ2v) is 6.85. The lowest BCUT2D eigenvalue weighted by molar-refractivity contribution is -0.116. The second-order valence-electron chi connectivity index (χ2n) is 6.85. The van der Waals surface area contributed by atoms with Gasteiger partial charge in [0.05, 0.1) is 18.8 Å². The molecule has 4 rings (SSSR count). The normalized spacial score (nSPS) is 13.5. The molecule has 150 valence electrons. The molecule has 0 saturated carbocycles. The Labute approximate surface area is 163 Å². The molecular formula is C18H18FN7O3. The highest BCUT2D eigenvalue weighted by Gasteiger charge is 2.27. The zero-order valence-corrected chi connectivity index (χ0v) is 15.8. The first-order valence-corrected chi connectivity index (χ1v) is 8.81. The van der Waals surface area contributed by atoms with Crippen molar-refractivity contribution in [2.24, 2.45) is 17.9 Å². The molecule has 0 radical (unpaired) electrons. The van der Waals surface area contributed by atoms with E-state index in [1.165, 1.54) is 34.8 Å². The van der Waals surface area contributed by atoms with Gasteiger partial charge in [0.2, 0.25) is 11.9 Å². The summed E-state index contributed by atoms with van der Waals surface area (Å²) in [6, 6.07) is 5.95. The van der Waals surface area contributed by atoms with Crippen LogP contribution in [0.15, 0.2) is 39.0 Å². The summed E-state index contributed by atoms with van der Waals surface area (Å²) in [4.78, 5) is 41.7. The maximum Gasteiger partial charge on any atom is 0.332 e. The number of hydrogen-bond donors (Lipinski definition) is 1. The molecule has 29 heavy (non-hydrogen) atoms. The highest BCUT2D eigenvalue weighted by Crippen LogP contribution is 2.23. The number of hydrogen-bond acceptors (Lipinski definition) is 6. The number of halogens is 1. The largest absolute Gasteiger partial charge is 0.368 e. The van der Waals surface area contributed by atoms with Crippen molar-refractivity contribution < 1.29 is 9.18 Å². The minimum Gasteiger partial charge on any atom is -0.368 e. The predicted octanol–water partition coefficient (Wildman–Crippen LogP) is -0.235. The monoisotopic (exact) mass is 399 g/mol. The number of primary amides is 1. The Morgan fingerprint density at radius 1 is 1.28 bits per heavy atom. The number of amides is 1. The first-order chi connectivity index (χ1) is 13.8. The number of anilines is 1. The molecule has 2 aromatic heterocycles. The minimum absolute atomic E-state index is 0.152. The van der Waals surface area contributed by atoms with Gasteiger partial charge in [-0.05, 0) is 13.0 Å². The summed E-state index contributed by atoms with van der Waals surface area (Å²) < 4.78 is 17.9. The van der Waals surface area contributed by atoms with Gasteiger partial charge in [-0.1, -0.05) is 18.2 Å². The van der Waals surface area contributed by atoms with Crippen LogP contribution in [0.25, 0.3) is 11.2 Å². The average Bonchev–Trinajstić information content (AvgIpc) is 3.04. The zero-order chi connectivity index (χ0) is 20.9. The lowest BCUT2D eigenvalue weighted by atomic mass is 10.2. The molecule has 10 nitrogen and oxygen atoms in total. The highest BCUT2D eigenvalue weighted by atomic mass is 19.1. The van der Waals surface area contributed by atoms with E-state index < -0.39 is 23.0 Å². The van der Waals surface area contributed by atoms with Crippen molar-refractivity contribution in [1.82, 2.24) is 18.7 Å². The second kappa shape index (κ2) is 6.69. The van der Waals surface area contributed by atoms with Crippen LogP contribution < -0.4 is 22.0 Å². The van der Waals surface area contributed by atoms with Gasteiger partial charge in [0, 0.05) is 12.6 Å². The summed E-state index contributed by atoms with van der Waals surface area (Å²) in [7, 11) is 1.48. The van der Waals surface area contributed by atoms with E-state index in [0.29, 0.717) is 5.71 Å². The first kappa shape index (κ1) is 18.6. The van der Waals surface area contributed by atoms with Gasteiger partial charge >= 0.3 is 5.69 Å². The molecule has 0 saturated heterocycles. The van der Waals surface area contributed by atoms with Gasteiger partial charge in [-0.15, -0.1) is 0 Å². The standard InChI is InChI=1S/C18H18FN7O3/c1-10-7-24-14-15(21-17(24)26(22-10)9-13(20)27)23(2)18(29)25(16(14)28)8-11-5-3-4-6-12(11)19/h3-6H,7-9H2,1-2H3,(H2,20,27). The molecular weight excluding hydrogens is 381 g/mol. The number of rotatable bonds is 4. The number of carbonyl (C=O) groups is 1. The van der Waals surface area contributed by atoms with E-state index in [4.69, 9.17) is 5.73 Å². The van der Waals surface area contributed by atoms with E-state index in [1.807, 2.05) is 0 Å². The third-order valence-corrected chi connectivity index (χ3v) is 4.71. The Bertz CT molecular complexity index is 1300. The molecule has 0 atom stereocenters. The van der Waals surface area contributed by atoms with Gasteiger partial charge in [0.25, 0.3) is 5.56 Å². The number of hydrazone groups is 1. The van der Waals surface area contributed by atoms with Crippen molar-refractivity contribution in [2.45, 2.75) is 20.0 Å². The van der Waals surface area contributed by atoms with Crippen LogP contribution in [0.3, 0.4) is 0 Å². The first-order valence-electron chi connectivity index (χ1n) is 8.81. The van der Waals surface area contributed by atoms with Crippen molar-refractivity contribution in [1.29, 1.82) is 0 Å². The topological polar surface area (TPSA) is 121 Å². The van der Waals surface area contributed by atoms with Crippen molar-refractivity contribution in [2.75, 3.05) is 11.6 Å². The van der Waals surface area contributed by atoms with Crippen molar-refractivity contribution in [3.63, 3.8) is 0 Å². The summed E-state index contributed by atoms with van der Waals surface area (Å²) in [5, 5.41) is 5.56. The molecule has 1 aromatic carbocycles. The van der Waals surface area contributed by atoms with Crippen LogP contribution in [0.5, 0.6) is 0 Å². The molecule has 0 fully saturated rings. The Morgan fingerprint density at radius 3 is 2.69 bits per heavy atom. The van der Waals surface area contributed by atoms with Crippen molar-refractivity contribution in [3.8, 4) is 0 Å². The minimum atomic E-state index is -0.625. The number of carbonyl (C=O) groups excluding carboxylic acids is 1. The van der Waals surface area contributed by atoms with Crippen LogP contribution in [0, 0.1) is 5.82 Å². The van der Waals surface area contributed by atoms with Crippen molar-refractivity contribution >= 4 is 28.7 Å². The Kier molecular flexibility index (Phi) is 4.29. The molecule has 1 aliphatic heterocycles. The molecule has 0 bridgehead atoms. The number of nitrogens with zero attached hydrogens (tertiary/aromatic N) is 6. The average molecular weight is 399 g/mol. The van der Waals surface area contributed by atoms with Gasteiger partial charge in [-0.25, -0.2) is 14.2 Å². The van der Waals surface area contributed by atoms with Gasteiger partial charge < -0.3 is 5.73 Å². The van der Waals surface area contributed by atoms with E-state index in [1.54, 1.807) is 17.6 Å². The molecule has 0 unspecified atom stereocenters. The van der Waals surface area contributed by atoms with Crippen LogP contribution in [0.1, 0.15) is 12.5 Å². The lowest BCUT2D eigenvalue weighted by Crippen LogP contribution is -2.40.